The Hall–Kier alpha value is -4.30. The number of hydrogen-bond donors (Lipinski definition) is 3. The molecule has 0 spiro atoms. The molecule has 5 heterocycles. The second-order valence-corrected chi connectivity index (χ2v) is 10.0. The molecule has 6 aromatic rings. The number of aromatic amines is 2. The van der Waals surface area contributed by atoms with Crippen LogP contribution >= 0.6 is 11.3 Å². The van der Waals surface area contributed by atoms with E-state index in [1.807, 2.05) is 36.8 Å². The standard InChI is InChI=1S/C28H22N6OS/c35-28(16-2-1-3-16)31-20-8-19(11-29-12-20)17-4-5-24-22(9-17)27(34-33-24)25-10-21-23(18-6-7-36-15-18)13-30-14-26(21)32-25/h4-16,32H,1-3H2,(H,31,35)(H,33,34). The molecule has 7 rings (SSSR count). The maximum Gasteiger partial charge on any atom is 0.227 e. The minimum atomic E-state index is 0.0860. The van der Waals surface area contributed by atoms with Gasteiger partial charge in [-0.05, 0) is 65.1 Å². The minimum absolute atomic E-state index is 0.0860. The highest BCUT2D eigenvalue weighted by Gasteiger charge is 2.25. The lowest BCUT2D eigenvalue weighted by atomic mass is 9.85. The lowest BCUT2D eigenvalue weighted by Gasteiger charge is -2.24. The van der Waals surface area contributed by atoms with Crippen LogP contribution < -0.4 is 5.32 Å². The van der Waals surface area contributed by atoms with Crippen molar-refractivity contribution >= 4 is 44.7 Å². The largest absolute Gasteiger partial charge is 0.352 e. The quantitative estimate of drug-likeness (QED) is 0.252. The number of rotatable bonds is 5. The van der Waals surface area contributed by atoms with Gasteiger partial charge in [-0.25, -0.2) is 0 Å². The van der Waals surface area contributed by atoms with E-state index in [9.17, 15) is 4.79 Å². The van der Waals surface area contributed by atoms with Gasteiger partial charge in [0.25, 0.3) is 0 Å². The molecule has 3 N–H and O–H groups in total. The molecular weight excluding hydrogens is 468 g/mol. The molecule has 0 bridgehead atoms. The Morgan fingerprint density at radius 1 is 0.917 bits per heavy atom. The van der Waals surface area contributed by atoms with E-state index < -0.39 is 0 Å². The number of aromatic nitrogens is 5. The molecular formula is C28H22N6OS. The zero-order valence-electron chi connectivity index (χ0n) is 19.3. The molecule has 0 unspecified atom stereocenters. The molecule has 5 aromatic heterocycles. The first-order valence-corrected chi connectivity index (χ1v) is 12.9. The first-order chi connectivity index (χ1) is 17.7. The molecule has 1 aliphatic rings. The number of pyridine rings is 2. The van der Waals surface area contributed by atoms with Crippen molar-refractivity contribution in [2.75, 3.05) is 5.32 Å². The third-order valence-corrected chi connectivity index (χ3v) is 7.69. The summed E-state index contributed by atoms with van der Waals surface area (Å²) in [6, 6.07) is 12.4. The van der Waals surface area contributed by atoms with Crippen LogP contribution in [0.1, 0.15) is 19.3 Å². The Kier molecular flexibility index (Phi) is 4.92. The Morgan fingerprint density at radius 2 is 1.83 bits per heavy atom. The summed E-state index contributed by atoms with van der Waals surface area (Å²) in [6.07, 6.45) is 10.4. The summed E-state index contributed by atoms with van der Waals surface area (Å²) < 4.78 is 0. The van der Waals surface area contributed by atoms with Gasteiger partial charge in [0.2, 0.25) is 5.91 Å². The molecule has 1 aromatic carbocycles. The van der Waals surface area contributed by atoms with Gasteiger partial charge in [-0.2, -0.15) is 16.4 Å². The number of hydrogen-bond acceptors (Lipinski definition) is 5. The van der Waals surface area contributed by atoms with Crippen molar-refractivity contribution in [1.82, 2.24) is 25.1 Å². The van der Waals surface area contributed by atoms with Gasteiger partial charge >= 0.3 is 0 Å². The normalized spacial score (nSPS) is 13.8. The summed E-state index contributed by atoms with van der Waals surface area (Å²) in [6.45, 7) is 0. The monoisotopic (exact) mass is 490 g/mol. The van der Waals surface area contributed by atoms with E-state index in [1.54, 1.807) is 17.5 Å². The molecule has 0 aliphatic heterocycles. The number of anilines is 1. The van der Waals surface area contributed by atoms with Crippen LogP contribution in [0.25, 0.3) is 55.4 Å². The van der Waals surface area contributed by atoms with Gasteiger partial charge < -0.3 is 10.3 Å². The second kappa shape index (κ2) is 8.42. The topological polar surface area (TPSA) is 99.3 Å². The summed E-state index contributed by atoms with van der Waals surface area (Å²) in [5, 5.41) is 17.2. The lowest BCUT2D eigenvalue weighted by molar-refractivity contribution is -0.122. The predicted octanol–water partition coefficient (Wildman–Crippen LogP) is 6.64. The van der Waals surface area contributed by atoms with E-state index in [2.05, 4.69) is 59.4 Å². The summed E-state index contributed by atoms with van der Waals surface area (Å²) in [7, 11) is 0. The number of amides is 1. The zero-order chi connectivity index (χ0) is 24.1. The van der Waals surface area contributed by atoms with Crippen LogP contribution in [0.15, 0.2) is 71.9 Å². The number of carbonyl (C=O) groups is 1. The van der Waals surface area contributed by atoms with Crippen molar-refractivity contribution in [3.8, 4) is 33.6 Å². The van der Waals surface area contributed by atoms with Gasteiger partial charge in [0, 0.05) is 40.2 Å². The minimum Gasteiger partial charge on any atom is -0.352 e. The number of nitrogens with zero attached hydrogens (tertiary/aromatic N) is 3. The average Bonchev–Trinajstić information content (AvgIpc) is 3.61. The average molecular weight is 491 g/mol. The van der Waals surface area contributed by atoms with Crippen LogP contribution in [0, 0.1) is 5.92 Å². The summed E-state index contributed by atoms with van der Waals surface area (Å²) in [5.74, 6) is 0.216. The van der Waals surface area contributed by atoms with E-state index in [-0.39, 0.29) is 11.8 Å². The van der Waals surface area contributed by atoms with E-state index in [0.717, 1.165) is 80.4 Å². The van der Waals surface area contributed by atoms with Crippen LogP contribution in [0.3, 0.4) is 0 Å². The number of fused-ring (bicyclic) bond motifs is 2. The molecule has 1 saturated carbocycles. The molecule has 0 atom stereocenters. The van der Waals surface area contributed by atoms with Gasteiger partial charge in [0.1, 0.15) is 5.69 Å². The Balaban J connectivity index is 1.26. The summed E-state index contributed by atoms with van der Waals surface area (Å²) >= 11 is 1.67. The van der Waals surface area contributed by atoms with E-state index in [0.29, 0.717) is 0 Å². The van der Waals surface area contributed by atoms with Crippen molar-refractivity contribution < 1.29 is 4.79 Å². The number of carbonyl (C=O) groups excluding carboxylic acids is 1. The van der Waals surface area contributed by atoms with Crippen molar-refractivity contribution in [2.45, 2.75) is 19.3 Å². The fourth-order valence-electron chi connectivity index (χ4n) is 4.81. The first-order valence-electron chi connectivity index (χ1n) is 12.0. The van der Waals surface area contributed by atoms with Crippen LogP contribution in [-0.4, -0.2) is 31.1 Å². The summed E-state index contributed by atoms with van der Waals surface area (Å²) in [4.78, 5) is 24.7. The third-order valence-electron chi connectivity index (χ3n) is 7.01. The fourth-order valence-corrected chi connectivity index (χ4v) is 5.46. The lowest BCUT2D eigenvalue weighted by Crippen LogP contribution is -2.28. The van der Waals surface area contributed by atoms with Gasteiger partial charge in [-0.3, -0.25) is 19.9 Å². The molecule has 1 aliphatic carbocycles. The highest BCUT2D eigenvalue weighted by atomic mass is 32.1. The number of benzene rings is 1. The maximum absolute atomic E-state index is 12.4. The van der Waals surface area contributed by atoms with Crippen LogP contribution in [0.4, 0.5) is 5.69 Å². The number of nitrogens with one attached hydrogen (secondary N) is 3. The molecule has 176 valence electrons. The number of thiophene rings is 1. The van der Waals surface area contributed by atoms with Crippen LogP contribution in [0.2, 0.25) is 0 Å². The Morgan fingerprint density at radius 3 is 2.67 bits per heavy atom. The van der Waals surface area contributed by atoms with Gasteiger partial charge in [-0.1, -0.05) is 12.5 Å². The summed E-state index contributed by atoms with van der Waals surface area (Å²) in [5.41, 5.74) is 8.63. The molecule has 1 fully saturated rings. The molecule has 1 amide bonds. The highest BCUT2D eigenvalue weighted by molar-refractivity contribution is 7.08. The predicted molar refractivity (Wildman–Crippen MR) is 144 cm³/mol. The van der Waals surface area contributed by atoms with Gasteiger partial charge in [0.15, 0.2) is 0 Å². The van der Waals surface area contributed by atoms with Gasteiger partial charge in [0.05, 0.1) is 34.8 Å². The highest BCUT2D eigenvalue weighted by Crippen LogP contribution is 2.35. The van der Waals surface area contributed by atoms with E-state index in [4.69, 9.17) is 0 Å². The van der Waals surface area contributed by atoms with Crippen molar-refractivity contribution in [3.05, 3.63) is 71.9 Å². The fraction of sp³-hybridized carbons (Fsp3) is 0.143. The third kappa shape index (κ3) is 3.58. The first kappa shape index (κ1) is 21.0. The molecule has 0 radical (unpaired) electrons. The number of H-pyrrole nitrogens is 2. The van der Waals surface area contributed by atoms with Crippen LogP contribution in [-0.2, 0) is 4.79 Å². The van der Waals surface area contributed by atoms with E-state index >= 15 is 0 Å². The van der Waals surface area contributed by atoms with E-state index in [1.165, 1.54) is 0 Å². The zero-order valence-corrected chi connectivity index (χ0v) is 20.1. The molecule has 8 heteroatoms. The second-order valence-electron chi connectivity index (χ2n) is 9.26. The van der Waals surface area contributed by atoms with Crippen molar-refractivity contribution in [1.29, 1.82) is 0 Å². The van der Waals surface area contributed by atoms with Crippen molar-refractivity contribution in [3.63, 3.8) is 0 Å². The van der Waals surface area contributed by atoms with Gasteiger partial charge in [-0.15, -0.1) is 0 Å². The smallest absolute Gasteiger partial charge is 0.227 e. The molecule has 0 saturated heterocycles. The Labute approximate surface area is 210 Å². The Bertz CT molecular complexity index is 1730. The van der Waals surface area contributed by atoms with Crippen molar-refractivity contribution in [2.24, 2.45) is 5.92 Å². The maximum atomic E-state index is 12.4. The molecule has 36 heavy (non-hydrogen) atoms. The van der Waals surface area contributed by atoms with Crippen LogP contribution in [0.5, 0.6) is 0 Å². The molecule has 7 nitrogen and oxygen atoms in total. The SMILES string of the molecule is O=C(Nc1cncc(-c2ccc3[nH]nc(-c4cc5c(-c6ccsc6)cncc5[nH]4)c3c2)c1)C1CCC1.